The van der Waals surface area contributed by atoms with E-state index >= 15 is 0 Å². The van der Waals surface area contributed by atoms with Gasteiger partial charge in [-0.3, -0.25) is 14.4 Å². The van der Waals surface area contributed by atoms with E-state index in [1.165, 1.54) is 0 Å². The van der Waals surface area contributed by atoms with Crippen LogP contribution in [0.5, 0.6) is 0 Å². The van der Waals surface area contributed by atoms with Crippen LogP contribution in [-0.2, 0) is 14.4 Å². The predicted molar refractivity (Wildman–Crippen MR) is 115 cm³/mol. The van der Waals surface area contributed by atoms with E-state index in [2.05, 4.69) is 26.6 Å². The minimum Gasteiger partial charge on any atom is -0.347 e. The zero-order valence-corrected chi connectivity index (χ0v) is 18.0. The Morgan fingerprint density at radius 2 is 1.93 bits per heavy atom. The van der Waals surface area contributed by atoms with Crippen LogP contribution >= 0.6 is 15.9 Å². The van der Waals surface area contributed by atoms with E-state index in [0.29, 0.717) is 12.2 Å². The van der Waals surface area contributed by atoms with Crippen LogP contribution in [-0.4, -0.2) is 35.7 Å². The van der Waals surface area contributed by atoms with Crippen molar-refractivity contribution in [1.82, 2.24) is 10.2 Å². The first kappa shape index (κ1) is 21.0. The lowest BCUT2D eigenvalue weighted by Gasteiger charge is -2.25. The molecular formula is C22H24BrN3O3. The van der Waals surface area contributed by atoms with E-state index in [-0.39, 0.29) is 36.7 Å². The zero-order valence-electron chi connectivity index (χ0n) is 16.4. The molecule has 0 spiro atoms. The smallest absolute Gasteiger partial charge is 0.243 e. The molecule has 1 aliphatic rings. The highest BCUT2D eigenvalue weighted by molar-refractivity contribution is 9.10. The molecule has 0 aliphatic carbocycles. The lowest BCUT2D eigenvalue weighted by molar-refractivity contribution is -0.130. The van der Waals surface area contributed by atoms with Gasteiger partial charge in [-0.05, 0) is 43.2 Å². The van der Waals surface area contributed by atoms with Crippen LogP contribution in [0, 0.1) is 12.8 Å². The Morgan fingerprint density at radius 1 is 1.21 bits per heavy atom. The Morgan fingerprint density at radius 3 is 2.62 bits per heavy atom. The van der Waals surface area contributed by atoms with Crippen molar-refractivity contribution in [3.05, 3.63) is 64.1 Å². The Bertz CT molecular complexity index is 917. The highest BCUT2D eigenvalue weighted by Gasteiger charge is 2.37. The second-order valence-electron chi connectivity index (χ2n) is 7.26. The molecule has 0 unspecified atom stereocenters. The number of hydrogen-bond acceptors (Lipinski definition) is 3. The number of rotatable bonds is 6. The fourth-order valence-corrected chi connectivity index (χ4v) is 3.94. The number of nitrogens with one attached hydrogen (secondary N) is 2. The standard InChI is InChI=1S/C22H24BrN3O3/c1-14-10-18(23)8-9-19(14)25-20(27)12-24-22(29)17-11-21(28)26(13-17)15(2)16-6-4-3-5-7-16/h3-10,15,17H,11-13H2,1-2H3,(H,24,29)(H,25,27)/t15-,17+/m1/s1. The van der Waals surface area contributed by atoms with Crippen LogP contribution < -0.4 is 10.6 Å². The van der Waals surface area contributed by atoms with Crippen LogP contribution in [0.2, 0.25) is 0 Å². The molecule has 0 radical (unpaired) electrons. The maximum Gasteiger partial charge on any atom is 0.243 e. The minimum absolute atomic E-state index is 0.0450. The maximum atomic E-state index is 12.5. The normalized spacial score (nSPS) is 17.1. The Balaban J connectivity index is 1.52. The fourth-order valence-electron chi connectivity index (χ4n) is 3.47. The summed E-state index contributed by atoms with van der Waals surface area (Å²) in [5.74, 6) is -1.07. The van der Waals surface area contributed by atoms with Crippen molar-refractivity contribution in [3.63, 3.8) is 0 Å². The predicted octanol–water partition coefficient (Wildman–Crippen LogP) is 3.42. The second kappa shape index (κ2) is 9.22. The van der Waals surface area contributed by atoms with E-state index < -0.39 is 5.92 Å². The largest absolute Gasteiger partial charge is 0.347 e. The molecule has 0 bridgehead atoms. The number of halogens is 1. The molecule has 2 atom stereocenters. The first-order chi connectivity index (χ1) is 13.8. The van der Waals surface area contributed by atoms with Gasteiger partial charge in [0, 0.05) is 23.1 Å². The van der Waals surface area contributed by atoms with Gasteiger partial charge in [-0.1, -0.05) is 46.3 Å². The van der Waals surface area contributed by atoms with Crippen molar-refractivity contribution < 1.29 is 14.4 Å². The molecule has 1 heterocycles. The summed E-state index contributed by atoms with van der Waals surface area (Å²) in [4.78, 5) is 38.8. The molecule has 1 fully saturated rings. The van der Waals surface area contributed by atoms with E-state index in [0.717, 1.165) is 15.6 Å². The number of aryl methyl sites for hydroxylation is 1. The molecule has 2 N–H and O–H groups in total. The van der Waals surface area contributed by atoms with E-state index in [1.807, 2.05) is 56.3 Å². The van der Waals surface area contributed by atoms with Gasteiger partial charge in [-0.15, -0.1) is 0 Å². The number of carbonyl (C=O) groups is 3. The number of amides is 3. The van der Waals surface area contributed by atoms with Gasteiger partial charge < -0.3 is 15.5 Å². The van der Waals surface area contributed by atoms with Crippen molar-refractivity contribution in [2.24, 2.45) is 5.92 Å². The molecule has 0 saturated carbocycles. The maximum absolute atomic E-state index is 12.5. The molecule has 1 saturated heterocycles. The van der Waals surface area contributed by atoms with E-state index in [4.69, 9.17) is 0 Å². The van der Waals surface area contributed by atoms with Gasteiger partial charge in [-0.25, -0.2) is 0 Å². The molecular weight excluding hydrogens is 434 g/mol. The summed E-state index contributed by atoms with van der Waals surface area (Å²) in [6, 6.07) is 15.2. The van der Waals surface area contributed by atoms with Gasteiger partial charge in [0.05, 0.1) is 18.5 Å². The first-order valence-corrected chi connectivity index (χ1v) is 10.3. The number of carbonyl (C=O) groups excluding carboxylic acids is 3. The minimum atomic E-state index is -0.448. The summed E-state index contributed by atoms with van der Waals surface area (Å²) in [6.45, 7) is 4.08. The van der Waals surface area contributed by atoms with Crippen LogP contribution in [0.4, 0.5) is 5.69 Å². The average Bonchev–Trinajstić information content (AvgIpc) is 3.10. The monoisotopic (exact) mass is 457 g/mol. The van der Waals surface area contributed by atoms with Crippen molar-refractivity contribution in [1.29, 1.82) is 0 Å². The van der Waals surface area contributed by atoms with Crippen LogP contribution in [0.3, 0.4) is 0 Å². The number of nitrogens with zero attached hydrogens (tertiary/aromatic N) is 1. The van der Waals surface area contributed by atoms with Gasteiger partial charge in [0.25, 0.3) is 0 Å². The van der Waals surface area contributed by atoms with Crippen LogP contribution in [0.1, 0.15) is 30.5 Å². The number of anilines is 1. The van der Waals surface area contributed by atoms with Crippen LogP contribution in [0.25, 0.3) is 0 Å². The molecule has 1 aliphatic heterocycles. The molecule has 6 nitrogen and oxygen atoms in total. The van der Waals surface area contributed by atoms with E-state index in [1.54, 1.807) is 11.0 Å². The summed E-state index contributed by atoms with van der Waals surface area (Å²) in [7, 11) is 0. The second-order valence-corrected chi connectivity index (χ2v) is 8.17. The van der Waals surface area contributed by atoms with Crippen molar-refractivity contribution in [2.75, 3.05) is 18.4 Å². The molecule has 29 heavy (non-hydrogen) atoms. The van der Waals surface area contributed by atoms with Crippen LogP contribution in [0.15, 0.2) is 53.0 Å². The van der Waals surface area contributed by atoms with Crippen molar-refractivity contribution in [2.45, 2.75) is 26.3 Å². The topological polar surface area (TPSA) is 78.5 Å². The van der Waals surface area contributed by atoms with E-state index in [9.17, 15) is 14.4 Å². The lowest BCUT2D eigenvalue weighted by atomic mass is 10.1. The fraction of sp³-hybridized carbons (Fsp3) is 0.318. The van der Waals surface area contributed by atoms with Gasteiger partial charge in [0.1, 0.15) is 0 Å². The lowest BCUT2D eigenvalue weighted by Crippen LogP contribution is -2.38. The summed E-state index contributed by atoms with van der Waals surface area (Å²) in [5, 5.41) is 5.44. The molecule has 3 amide bonds. The summed E-state index contributed by atoms with van der Waals surface area (Å²) < 4.78 is 0.932. The summed E-state index contributed by atoms with van der Waals surface area (Å²) >= 11 is 3.38. The average molecular weight is 458 g/mol. The highest BCUT2D eigenvalue weighted by atomic mass is 79.9. The van der Waals surface area contributed by atoms with Gasteiger partial charge >= 0.3 is 0 Å². The third kappa shape index (κ3) is 5.23. The Hall–Kier alpha value is -2.67. The SMILES string of the molecule is Cc1cc(Br)ccc1NC(=O)CNC(=O)[C@H]1CC(=O)N([C@H](C)c2ccccc2)C1. The van der Waals surface area contributed by atoms with Gasteiger partial charge in [-0.2, -0.15) is 0 Å². The summed E-state index contributed by atoms with van der Waals surface area (Å²) in [5.41, 5.74) is 2.66. The number of benzene rings is 2. The van der Waals surface area contributed by atoms with Gasteiger partial charge in [0.2, 0.25) is 17.7 Å². The van der Waals surface area contributed by atoms with Crippen molar-refractivity contribution >= 4 is 39.3 Å². The Kier molecular flexibility index (Phi) is 6.69. The quantitative estimate of drug-likeness (QED) is 0.697. The number of hydrogen-bond donors (Lipinski definition) is 2. The number of likely N-dealkylation sites (tertiary alicyclic amines) is 1. The molecule has 152 valence electrons. The Labute approximate surface area is 178 Å². The third-order valence-electron chi connectivity index (χ3n) is 5.16. The highest BCUT2D eigenvalue weighted by Crippen LogP contribution is 2.28. The molecule has 3 rings (SSSR count). The molecule has 2 aromatic rings. The first-order valence-electron chi connectivity index (χ1n) is 9.53. The zero-order chi connectivity index (χ0) is 21.0. The third-order valence-corrected chi connectivity index (χ3v) is 5.66. The van der Waals surface area contributed by atoms with Crippen molar-refractivity contribution in [3.8, 4) is 0 Å². The van der Waals surface area contributed by atoms with Gasteiger partial charge in [0.15, 0.2) is 0 Å². The molecule has 7 heteroatoms. The molecule has 2 aromatic carbocycles. The molecule has 0 aromatic heterocycles. The summed E-state index contributed by atoms with van der Waals surface area (Å²) in [6.07, 6.45) is 0.163.